The predicted octanol–water partition coefficient (Wildman–Crippen LogP) is 4.01. The number of amides is 1. The van der Waals surface area contributed by atoms with Crippen LogP contribution in [0.15, 0.2) is 42.5 Å². The van der Waals surface area contributed by atoms with Crippen LogP contribution in [-0.4, -0.2) is 26.7 Å². The standard InChI is InChI=1S/C22H26FNO3/c1-26-19-9-8-16(14-20(19)27-2)10-13-24-21(25)22(11-3-4-12-22)17-6-5-7-18(23)15-17/h5-9,14-15H,3-4,10-13H2,1-2H3,(H,24,25). The van der Waals surface area contributed by atoms with E-state index < -0.39 is 5.41 Å². The summed E-state index contributed by atoms with van der Waals surface area (Å²) in [6.45, 7) is 0.519. The third kappa shape index (κ3) is 4.07. The topological polar surface area (TPSA) is 47.6 Å². The number of carbonyl (C=O) groups is 1. The summed E-state index contributed by atoms with van der Waals surface area (Å²) in [4.78, 5) is 13.0. The second-order valence-corrected chi connectivity index (χ2v) is 6.99. The molecule has 0 heterocycles. The molecule has 5 heteroatoms. The number of benzene rings is 2. The van der Waals surface area contributed by atoms with E-state index >= 15 is 0 Å². The maximum atomic E-state index is 13.7. The Bertz CT molecular complexity index is 800. The number of carbonyl (C=O) groups excluding carboxylic acids is 1. The van der Waals surface area contributed by atoms with Crippen molar-refractivity contribution in [1.29, 1.82) is 0 Å². The Morgan fingerprint density at radius 1 is 1.07 bits per heavy atom. The van der Waals surface area contributed by atoms with E-state index in [1.54, 1.807) is 20.3 Å². The molecule has 4 nitrogen and oxygen atoms in total. The lowest BCUT2D eigenvalue weighted by Crippen LogP contribution is -2.43. The van der Waals surface area contributed by atoms with Crippen molar-refractivity contribution in [2.45, 2.75) is 37.5 Å². The highest BCUT2D eigenvalue weighted by atomic mass is 19.1. The van der Waals surface area contributed by atoms with Gasteiger partial charge in [-0.1, -0.05) is 31.0 Å². The molecule has 0 spiro atoms. The van der Waals surface area contributed by atoms with Crippen LogP contribution in [0.3, 0.4) is 0 Å². The lowest BCUT2D eigenvalue weighted by atomic mass is 9.78. The van der Waals surface area contributed by atoms with Crippen molar-refractivity contribution in [3.05, 3.63) is 59.4 Å². The molecule has 0 saturated heterocycles. The first-order valence-electron chi connectivity index (χ1n) is 9.34. The maximum absolute atomic E-state index is 13.7. The van der Waals surface area contributed by atoms with Crippen LogP contribution >= 0.6 is 0 Å². The van der Waals surface area contributed by atoms with Gasteiger partial charge in [0.25, 0.3) is 0 Å². The van der Waals surface area contributed by atoms with Crippen LogP contribution in [-0.2, 0) is 16.6 Å². The predicted molar refractivity (Wildman–Crippen MR) is 103 cm³/mol. The minimum absolute atomic E-state index is 0.00826. The fourth-order valence-corrected chi connectivity index (χ4v) is 3.94. The van der Waals surface area contributed by atoms with E-state index in [0.717, 1.165) is 36.8 Å². The summed E-state index contributed by atoms with van der Waals surface area (Å²) in [7, 11) is 3.21. The summed E-state index contributed by atoms with van der Waals surface area (Å²) in [5.74, 6) is 1.05. The molecular weight excluding hydrogens is 345 g/mol. The zero-order chi connectivity index (χ0) is 19.3. The minimum Gasteiger partial charge on any atom is -0.493 e. The molecule has 0 bridgehead atoms. The highest BCUT2D eigenvalue weighted by Crippen LogP contribution is 2.41. The zero-order valence-corrected chi connectivity index (χ0v) is 15.9. The average Bonchev–Trinajstić information content (AvgIpc) is 3.19. The summed E-state index contributed by atoms with van der Waals surface area (Å²) >= 11 is 0. The van der Waals surface area contributed by atoms with Crippen molar-refractivity contribution in [3.8, 4) is 11.5 Å². The highest BCUT2D eigenvalue weighted by molar-refractivity contribution is 5.88. The first-order valence-corrected chi connectivity index (χ1v) is 9.34. The Kier molecular flexibility index (Phi) is 5.99. The molecule has 0 atom stereocenters. The summed E-state index contributed by atoms with van der Waals surface area (Å²) in [6, 6.07) is 12.2. The Morgan fingerprint density at radius 2 is 1.81 bits per heavy atom. The van der Waals surface area contributed by atoms with Crippen molar-refractivity contribution in [3.63, 3.8) is 0 Å². The molecular formula is C22H26FNO3. The third-order valence-electron chi connectivity index (χ3n) is 5.42. The van der Waals surface area contributed by atoms with Crippen LogP contribution < -0.4 is 14.8 Å². The van der Waals surface area contributed by atoms with E-state index in [1.165, 1.54) is 12.1 Å². The first-order chi connectivity index (χ1) is 13.1. The molecule has 0 radical (unpaired) electrons. The Morgan fingerprint density at radius 3 is 2.48 bits per heavy atom. The maximum Gasteiger partial charge on any atom is 0.230 e. The number of rotatable bonds is 7. The van der Waals surface area contributed by atoms with Gasteiger partial charge in [-0.25, -0.2) is 4.39 Å². The Hall–Kier alpha value is -2.56. The van der Waals surface area contributed by atoms with E-state index in [0.29, 0.717) is 24.5 Å². The van der Waals surface area contributed by atoms with Crippen molar-refractivity contribution in [2.75, 3.05) is 20.8 Å². The monoisotopic (exact) mass is 371 g/mol. The molecule has 144 valence electrons. The van der Waals surface area contributed by atoms with E-state index in [1.807, 2.05) is 24.3 Å². The molecule has 27 heavy (non-hydrogen) atoms. The van der Waals surface area contributed by atoms with Gasteiger partial charge in [0.15, 0.2) is 11.5 Å². The lowest BCUT2D eigenvalue weighted by Gasteiger charge is -2.28. The molecule has 0 unspecified atom stereocenters. The molecule has 1 aliphatic carbocycles. The zero-order valence-electron chi connectivity index (χ0n) is 15.9. The average molecular weight is 371 g/mol. The molecule has 1 N–H and O–H groups in total. The summed E-state index contributed by atoms with van der Waals surface area (Å²) in [5.41, 5.74) is 1.22. The fraction of sp³-hybridized carbons (Fsp3) is 0.409. The summed E-state index contributed by atoms with van der Waals surface area (Å²) in [5, 5.41) is 3.06. The first kappa shape index (κ1) is 19.2. The number of halogens is 1. The largest absolute Gasteiger partial charge is 0.493 e. The van der Waals surface area contributed by atoms with Crippen LogP contribution in [0.4, 0.5) is 4.39 Å². The van der Waals surface area contributed by atoms with Crippen molar-refractivity contribution in [1.82, 2.24) is 5.32 Å². The molecule has 1 aliphatic rings. The third-order valence-corrected chi connectivity index (χ3v) is 5.42. The van der Waals surface area contributed by atoms with Gasteiger partial charge in [0.05, 0.1) is 19.6 Å². The van der Waals surface area contributed by atoms with Gasteiger partial charge in [-0.15, -0.1) is 0 Å². The number of hydrogen-bond donors (Lipinski definition) is 1. The number of nitrogens with one attached hydrogen (secondary N) is 1. The lowest BCUT2D eigenvalue weighted by molar-refractivity contribution is -0.126. The summed E-state index contributed by atoms with van der Waals surface area (Å²) < 4.78 is 24.3. The quantitative estimate of drug-likeness (QED) is 0.800. The minimum atomic E-state index is -0.611. The van der Waals surface area contributed by atoms with Crippen molar-refractivity contribution < 1.29 is 18.7 Å². The fourth-order valence-electron chi connectivity index (χ4n) is 3.94. The van der Waals surface area contributed by atoms with Crippen molar-refractivity contribution >= 4 is 5.91 Å². The van der Waals surface area contributed by atoms with Gasteiger partial charge in [-0.3, -0.25) is 4.79 Å². The molecule has 2 aromatic rings. The van der Waals surface area contributed by atoms with Gasteiger partial charge in [0.2, 0.25) is 5.91 Å². The second kappa shape index (κ2) is 8.42. The van der Waals surface area contributed by atoms with Gasteiger partial charge in [0, 0.05) is 6.54 Å². The van der Waals surface area contributed by atoms with Crippen LogP contribution in [0.1, 0.15) is 36.8 Å². The highest BCUT2D eigenvalue weighted by Gasteiger charge is 2.42. The van der Waals surface area contributed by atoms with E-state index in [2.05, 4.69) is 5.32 Å². The molecule has 0 aliphatic heterocycles. The number of hydrogen-bond acceptors (Lipinski definition) is 3. The van der Waals surface area contributed by atoms with Crippen LogP contribution in [0, 0.1) is 5.82 Å². The Labute approximate surface area is 159 Å². The molecule has 0 aromatic heterocycles. The van der Waals surface area contributed by atoms with Gasteiger partial charge < -0.3 is 14.8 Å². The number of ether oxygens (including phenoxy) is 2. The molecule has 1 saturated carbocycles. The second-order valence-electron chi connectivity index (χ2n) is 6.99. The van der Waals surface area contributed by atoms with Gasteiger partial charge in [-0.05, 0) is 54.7 Å². The summed E-state index contributed by atoms with van der Waals surface area (Å²) in [6.07, 6.45) is 4.18. The van der Waals surface area contributed by atoms with Crippen molar-refractivity contribution in [2.24, 2.45) is 0 Å². The van der Waals surface area contributed by atoms with Gasteiger partial charge >= 0.3 is 0 Å². The number of methoxy groups -OCH3 is 2. The van der Waals surface area contributed by atoms with Crippen LogP contribution in [0.25, 0.3) is 0 Å². The smallest absolute Gasteiger partial charge is 0.230 e. The Balaban J connectivity index is 1.67. The SMILES string of the molecule is COc1ccc(CCNC(=O)C2(c3cccc(F)c3)CCCC2)cc1OC. The molecule has 2 aromatic carbocycles. The molecule has 3 rings (SSSR count). The molecule has 1 amide bonds. The normalized spacial score (nSPS) is 15.4. The van der Waals surface area contributed by atoms with Crippen LogP contribution in [0.5, 0.6) is 11.5 Å². The van der Waals surface area contributed by atoms with Crippen LogP contribution in [0.2, 0.25) is 0 Å². The van der Waals surface area contributed by atoms with E-state index in [-0.39, 0.29) is 11.7 Å². The van der Waals surface area contributed by atoms with E-state index in [9.17, 15) is 9.18 Å². The van der Waals surface area contributed by atoms with Gasteiger partial charge in [0.1, 0.15) is 5.82 Å². The van der Waals surface area contributed by atoms with E-state index in [4.69, 9.17) is 9.47 Å². The molecule has 1 fully saturated rings. The van der Waals surface area contributed by atoms with Gasteiger partial charge in [-0.2, -0.15) is 0 Å².